The van der Waals surface area contributed by atoms with Crippen molar-refractivity contribution >= 4 is 39.4 Å². The fourth-order valence-corrected chi connectivity index (χ4v) is 4.32. The standard InChI is InChI=1S/C23H18N2O2S.CO2/c1-3-14-7-6-9-17(24-14)18-13-28-23(25-18)16-11-12-20(26-2)22-21(16)15-8-4-5-10-19(15)27-22;2-1-3/h4-13H,3H2,1-2H3;. The molecule has 7 heteroatoms. The van der Waals surface area contributed by atoms with Crippen molar-refractivity contribution in [2.24, 2.45) is 0 Å². The highest BCUT2D eigenvalue weighted by molar-refractivity contribution is 7.13. The highest BCUT2D eigenvalue weighted by atomic mass is 32.1. The molecule has 31 heavy (non-hydrogen) atoms. The second-order valence-electron chi connectivity index (χ2n) is 6.61. The van der Waals surface area contributed by atoms with Crippen LogP contribution in [0.3, 0.4) is 0 Å². The zero-order valence-electron chi connectivity index (χ0n) is 16.9. The third kappa shape index (κ3) is 3.84. The zero-order chi connectivity index (χ0) is 21.8. The molecule has 0 unspecified atom stereocenters. The quantitative estimate of drug-likeness (QED) is 0.361. The second-order valence-corrected chi connectivity index (χ2v) is 7.46. The van der Waals surface area contributed by atoms with Crippen LogP contribution in [0.25, 0.3) is 43.9 Å². The summed E-state index contributed by atoms with van der Waals surface area (Å²) in [5.74, 6) is 0.726. The lowest BCUT2D eigenvalue weighted by Gasteiger charge is -2.04. The Morgan fingerprint density at radius 1 is 1.00 bits per heavy atom. The first-order valence-corrected chi connectivity index (χ1v) is 10.5. The molecule has 3 heterocycles. The van der Waals surface area contributed by atoms with Gasteiger partial charge in [-0.05, 0) is 36.8 Å². The van der Waals surface area contributed by atoms with Gasteiger partial charge in [0, 0.05) is 27.4 Å². The maximum Gasteiger partial charge on any atom is 0.373 e. The molecular formula is C24H18N2O4S. The molecule has 0 radical (unpaired) electrons. The van der Waals surface area contributed by atoms with E-state index in [1.165, 1.54) is 0 Å². The Hall–Kier alpha value is -3.80. The Bertz CT molecular complexity index is 1400. The molecule has 5 rings (SSSR count). The van der Waals surface area contributed by atoms with Crippen molar-refractivity contribution in [1.82, 2.24) is 9.97 Å². The molecule has 3 aromatic heterocycles. The van der Waals surface area contributed by atoms with Crippen molar-refractivity contribution in [3.8, 4) is 27.7 Å². The van der Waals surface area contributed by atoms with E-state index in [0.717, 1.165) is 61.8 Å². The molecule has 0 aliphatic rings. The average molecular weight is 430 g/mol. The van der Waals surface area contributed by atoms with Crippen molar-refractivity contribution in [2.75, 3.05) is 7.11 Å². The molecule has 0 saturated carbocycles. The van der Waals surface area contributed by atoms with Crippen molar-refractivity contribution in [3.63, 3.8) is 0 Å². The Morgan fingerprint density at radius 3 is 2.58 bits per heavy atom. The predicted molar refractivity (Wildman–Crippen MR) is 119 cm³/mol. The molecule has 0 saturated heterocycles. The van der Waals surface area contributed by atoms with E-state index in [-0.39, 0.29) is 6.15 Å². The van der Waals surface area contributed by atoms with Gasteiger partial charge in [0.05, 0.1) is 12.8 Å². The van der Waals surface area contributed by atoms with Crippen LogP contribution in [0.15, 0.2) is 64.4 Å². The summed E-state index contributed by atoms with van der Waals surface area (Å²) in [5.41, 5.74) is 5.51. The van der Waals surface area contributed by atoms with Crippen LogP contribution < -0.4 is 4.74 Å². The summed E-state index contributed by atoms with van der Waals surface area (Å²) in [6, 6.07) is 18.1. The van der Waals surface area contributed by atoms with Gasteiger partial charge in [-0.2, -0.15) is 9.59 Å². The maximum atomic E-state index is 8.12. The van der Waals surface area contributed by atoms with Gasteiger partial charge in [0.2, 0.25) is 0 Å². The zero-order valence-corrected chi connectivity index (χ0v) is 17.7. The van der Waals surface area contributed by atoms with Crippen LogP contribution in [0, 0.1) is 0 Å². The molecule has 0 fully saturated rings. The monoisotopic (exact) mass is 430 g/mol. The minimum absolute atomic E-state index is 0.250. The van der Waals surface area contributed by atoms with E-state index in [1.807, 2.05) is 42.5 Å². The number of hydrogen-bond donors (Lipinski definition) is 0. The topological polar surface area (TPSA) is 82.3 Å². The number of fused-ring (bicyclic) bond motifs is 3. The summed E-state index contributed by atoms with van der Waals surface area (Å²) >= 11 is 1.62. The number of hydrogen-bond acceptors (Lipinski definition) is 7. The lowest BCUT2D eigenvalue weighted by atomic mass is 10.1. The highest BCUT2D eigenvalue weighted by Gasteiger charge is 2.18. The van der Waals surface area contributed by atoms with Crippen LogP contribution in [0.5, 0.6) is 5.75 Å². The minimum Gasteiger partial charge on any atom is -0.493 e. The number of thiazole rings is 1. The second kappa shape index (κ2) is 8.92. The number of ether oxygens (including phenoxy) is 1. The number of carbonyl (C=O) groups excluding carboxylic acids is 2. The average Bonchev–Trinajstić information content (AvgIpc) is 3.45. The molecule has 154 valence electrons. The van der Waals surface area contributed by atoms with Crippen LogP contribution in [0.2, 0.25) is 0 Å². The summed E-state index contributed by atoms with van der Waals surface area (Å²) in [5, 5.41) is 5.11. The van der Waals surface area contributed by atoms with E-state index in [4.69, 9.17) is 28.7 Å². The Labute approximate surface area is 182 Å². The smallest absolute Gasteiger partial charge is 0.373 e. The molecule has 0 N–H and O–H groups in total. The van der Waals surface area contributed by atoms with Gasteiger partial charge in [-0.3, -0.25) is 4.98 Å². The number of aryl methyl sites for hydroxylation is 1. The predicted octanol–water partition coefficient (Wildman–Crippen LogP) is 5.76. The number of rotatable bonds is 4. The molecule has 0 atom stereocenters. The van der Waals surface area contributed by atoms with Gasteiger partial charge in [0.1, 0.15) is 16.3 Å². The first kappa shape index (κ1) is 20.5. The normalized spacial score (nSPS) is 10.5. The number of para-hydroxylation sites is 1. The molecular weight excluding hydrogens is 412 g/mol. The molecule has 2 aromatic carbocycles. The van der Waals surface area contributed by atoms with Gasteiger partial charge in [0.25, 0.3) is 0 Å². The van der Waals surface area contributed by atoms with E-state index < -0.39 is 0 Å². The SMILES string of the molecule is CCc1cccc(-c2csc(-c3ccc(OC)c4oc5ccccc5c34)n2)n1.O=C=O. The number of nitrogens with zero attached hydrogens (tertiary/aromatic N) is 2. The first-order valence-electron chi connectivity index (χ1n) is 9.59. The van der Waals surface area contributed by atoms with Crippen LogP contribution in [0.1, 0.15) is 12.6 Å². The van der Waals surface area contributed by atoms with Gasteiger partial charge >= 0.3 is 6.15 Å². The summed E-state index contributed by atoms with van der Waals surface area (Å²) in [4.78, 5) is 25.8. The molecule has 6 nitrogen and oxygen atoms in total. The molecule has 5 aromatic rings. The molecule has 0 amide bonds. The van der Waals surface area contributed by atoms with Gasteiger partial charge in [-0.25, -0.2) is 4.98 Å². The lowest BCUT2D eigenvalue weighted by molar-refractivity contribution is -0.191. The third-order valence-corrected chi connectivity index (χ3v) is 5.75. The number of furan rings is 1. The van der Waals surface area contributed by atoms with Crippen molar-refractivity contribution in [3.05, 3.63) is 65.7 Å². The Kier molecular flexibility index (Phi) is 5.89. The lowest BCUT2D eigenvalue weighted by Crippen LogP contribution is -1.90. The van der Waals surface area contributed by atoms with E-state index in [0.29, 0.717) is 0 Å². The van der Waals surface area contributed by atoms with Crippen LogP contribution in [-0.2, 0) is 16.0 Å². The van der Waals surface area contributed by atoms with E-state index >= 15 is 0 Å². The minimum atomic E-state index is 0.250. The molecule has 0 aliphatic carbocycles. The number of benzene rings is 2. The fourth-order valence-electron chi connectivity index (χ4n) is 3.48. The van der Waals surface area contributed by atoms with Crippen molar-refractivity contribution in [1.29, 1.82) is 0 Å². The van der Waals surface area contributed by atoms with Gasteiger partial charge in [-0.15, -0.1) is 11.3 Å². The summed E-state index contributed by atoms with van der Waals surface area (Å²) < 4.78 is 11.6. The molecule has 0 aliphatic heterocycles. The summed E-state index contributed by atoms with van der Waals surface area (Å²) in [7, 11) is 1.66. The fraction of sp³-hybridized carbons (Fsp3) is 0.125. The third-order valence-electron chi connectivity index (χ3n) is 4.88. The van der Waals surface area contributed by atoms with Gasteiger partial charge < -0.3 is 9.15 Å². The Morgan fingerprint density at radius 2 is 1.81 bits per heavy atom. The number of methoxy groups -OCH3 is 1. The molecule has 0 bridgehead atoms. The van der Waals surface area contributed by atoms with E-state index in [9.17, 15) is 0 Å². The van der Waals surface area contributed by atoms with Crippen molar-refractivity contribution < 1.29 is 18.7 Å². The van der Waals surface area contributed by atoms with Crippen LogP contribution in [-0.4, -0.2) is 23.2 Å². The maximum absolute atomic E-state index is 8.12. The Balaban J connectivity index is 0.000000730. The molecule has 0 spiro atoms. The number of aromatic nitrogens is 2. The number of pyridine rings is 1. The van der Waals surface area contributed by atoms with Crippen molar-refractivity contribution in [2.45, 2.75) is 13.3 Å². The summed E-state index contributed by atoms with van der Waals surface area (Å²) in [6.07, 6.45) is 1.16. The van der Waals surface area contributed by atoms with Crippen LogP contribution in [0.4, 0.5) is 0 Å². The van der Waals surface area contributed by atoms with Gasteiger partial charge in [0.15, 0.2) is 11.3 Å². The van der Waals surface area contributed by atoms with Gasteiger partial charge in [-0.1, -0.05) is 31.2 Å². The highest BCUT2D eigenvalue weighted by Crippen LogP contribution is 2.42. The summed E-state index contributed by atoms with van der Waals surface area (Å²) in [6.45, 7) is 2.11. The van der Waals surface area contributed by atoms with E-state index in [1.54, 1.807) is 18.4 Å². The van der Waals surface area contributed by atoms with Crippen LogP contribution >= 0.6 is 11.3 Å². The largest absolute Gasteiger partial charge is 0.493 e. The van der Waals surface area contributed by atoms with E-state index in [2.05, 4.69) is 24.4 Å². The first-order chi connectivity index (χ1) is 15.2.